The van der Waals surface area contributed by atoms with Gasteiger partial charge in [0.1, 0.15) is 21.3 Å². The van der Waals surface area contributed by atoms with Gasteiger partial charge in [0.05, 0.1) is 5.71 Å². The van der Waals surface area contributed by atoms with E-state index in [0.717, 1.165) is 12.8 Å². The minimum absolute atomic E-state index is 0.284. The van der Waals surface area contributed by atoms with E-state index in [1.54, 1.807) is 19.1 Å². The summed E-state index contributed by atoms with van der Waals surface area (Å²) in [7, 11) is -1.20. The maximum atomic E-state index is 11.6. The second kappa shape index (κ2) is 7.09. The molecule has 0 N–H and O–H groups in total. The SMILES string of the molecule is CCCC[S@](=O)N=C(C)c1ccc(Cl)nc1Cl. The van der Waals surface area contributed by atoms with Crippen LogP contribution < -0.4 is 0 Å². The monoisotopic (exact) mass is 292 g/mol. The fraction of sp³-hybridized carbons (Fsp3) is 0.455. The summed E-state index contributed by atoms with van der Waals surface area (Å²) in [5.74, 6) is 0.576. The fourth-order valence-corrected chi connectivity index (χ4v) is 2.71. The molecule has 0 aliphatic heterocycles. The lowest BCUT2D eigenvalue weighted by molar-refractivity contribution is 0.681. The van der Waals surface area contributed by atoms with Gasteiger partial charge in [-0.2, -0.15) is 4.40 Å². The average molecular weight is 293 g/mol. The molecule has 0 amide bonds. The van der Waals surface area contributed by atoms with Crippen LogP contribution >= 0.6 is 23.2 Å². The van der Waals surface area contributed by atoms with Crippen molar-refractivity contribution in [2.24, 2.45) is 4.40 Å². The van der Waals surface area contributed by atoms with Crippen molar-refractivity contribution in [3.05, 3.63) is 28.0 Å². The standard InChI is InChI=1S/C11H14Cl2N2OS/c1-3-4-7-17(16)15-8(2)9-5-6-10(12)14-11(9)13/h5-6H,3-4,7H2,1-2H3/t17-/m0/s1. The van der Waals surface area contributed by atoms with E-state index in [9.17, 15) is 4.21 Å². The molecule has 0 spiro atoms. The third-order valence-electron chi connectivity index (χ3n) is 2.12. The molecule has 1 heterocycles. The molecule has 3 nitrogen and oxygen atoms in total. The summed E-state index contributed by atoms with van der Waals surface area (Å²) < 4.78 is 15.7. The van der Waals surface area contributed by atoms with Gasteiger partial charge in [0.2, 0.25) is 0 Å². The molecule has 1 aromatic rings. The molecule has 94 valence electrons. The number of hydrogen-bond donors (Lipinski definition) is 0. The molecule has 1 aromatic heterocycles. The van der Waals surface area contributed by atoms with Crippen LogP contribution in [0.5, 0.6) is 0 Å². The van der Waals surface area contributed by atoms with Gasteiger partial charge >= 0.3 is 0 Å². The topological polar surface area (TPSA) is 42.3 Å². The predicted octanol–water partition coefficient (Wildman–Crippen LogP) is 3.66. The molecule has 1 atom stereocenters. The van der Waals surface area contributed by atoms with E-state index in [4.69, 9.17) is 23.2 Å². The summed E-state index contributed by atoms with van der Waals surface area (Å²) in [6, 6.07) is 3.37. The van der Waals surface area contributed by atoms with Crippen LogP contribution in [-0.4, -0.2) is 20.7 Å². The highest BCUT2D eigenvalue weighted by atomic mass is 35.5. The van der Waals surface area contributed by atoms with Crippen LogP contribution in [0.3, 0.4) is 0 Å². The molecule has 0 saturated carbocycles. The Bertz CT molecular complexity index is 449. The molecule has 0 fully saturated rings. The molecule has 0 unspecified atom stereocenters. The highest BCUT2D eigenvalue weighted by molar-refractivity contribution is 7.83. The molecule has 17 heavy (non-hydrogen) atoms. The van der Waals surface area contributed by atoms with E-state index in [-0.39, 0.29) is 5.15 Å². The number of aromatic nitrogens is 1. The first-order chi connectivity index (χ1) is 8.04. The lowest BCUT2D eigenvalue weighted by Crippen LogP contribution is -2.02. The maximum Gasteiger partial charge on any atom is 0.139 e. The molecule has 0 aliphatic carbocycles. The molecule has 0 aliphatic rings. The second-order valence-electron chi connectivity index (χ2n) is 3.53. The van der Waals surface area contributed by atoms with E-state index in [1.165, 1.54) is 0 Å². The summed E-state index contributed by atoms with van der Waals surface area (Å²) in [5.41, 5.74) is 1.29. The quantitative estimate of drug-likeness (QED) is 0.614. The van der Waals surface area contributed by atoms with E-state index < -0.39 is 11.0 Å². The molecular weight excluding hydrogens is 279 g/mol. The van der Waals surface area contributed by atoms with Gasteiger partial charge in [-0.3, -0.25) is 0 Å². The van der Waals surface area contributed by atoms with Crippen molar-refractivity contribution in [2.45, 2.75) is 26.7 Å². The normalized spacial score (nSPS) is 13.8. The zero-order chi connectivity index (χ0) is 12.8. The van der Waals surface area contributed by atoms with Gasteiger partial charge in [0.15, 0.2) is 0 Å². The lowest BCUT2D eigenvalue weighted by atomic mass is 10.2. The fourth-order valence-electron chi connectivity index (χ4n) is 1.20. The minimum Gasteiger partial charge on any atom is -0.235 e. The largest absolute Gasteiger partial charge is 0.235 e. The Hall–Kier alpha value is -0.450. The zero-order valence-corrected chi connectivity index (χ0v) is 12.1. The zero-order valence-electron chi connectivity index (χ0n) is 9.74. The Kier molecular flexibility index (Phi) is 6.09. The predicted molar refractivity (Wildman–Crippen MR) is 74.4 cm³/mol. The summed E-state index contributed by atoms with van der Waals surface area (Å²) in [6.07, 6.45) is 1.90. The van der Waals surface area contributed by atoms with Gasteiger partial charge in [0.25, 0.3) is 0 Å². The lowest BCUT2D eigenvalue weighted by Gasteiger charge is -2.03. The number of halogens is 2. The first-order valence-electron chi connectivity index (χ1n) is 5.30. The Morgan fingerprint density at radius 2 is 2.18 bits per heavy atom. The van der Waals surface area contributed by atoms with Crippen molar-refractivity contribution in [1.82, 2.24) is 4.98 Å². The third-order valence-corrected chi connectivity index (χ3v) is 3.73. The van der Waals surface area contributed by atoms with E-state index >= 15 is 0 Å². The van der Waals surface area contributed by atoms with E-state index in [2.05, 4.69) is 9.38 Å². The van der Waals surface area contributed by atoms with Crippen LogP contribution in [0, 0.1) is 0 Å². The maximum absolute atomic E-state index is 11.6. The van der Waals surface area contributed by atoms with Crippen LogP contribution in [0.2, 0.25) is 10.3 Å². The number of rotatable bonds is 5. The molecular formula is C11H14Cl2N2OS. The Morgan fingerprint density at radius 1 is 1.47 bits per heavy atom. The van der Waals surface area contributed by atoms with E-state index in [1.807, 2.05) is 6.92 Å². The number of unbranched alkanes of at least 4 members (excludes halogenated alkanes) is 1. The van der Waals surface area contributed by atoms with Crippen molar-refractivity contribution >= 4 is 39.9 Å². The molecule has 1 rings (SSSR count). The highest BCUT2D eigenvalue weighted by Crippen LogP contribution is 2.17. The van der Waals surface area contributed by atoms with Crippen molar-refractivity contribution < 1.29 is 4.21 Å². The second-order valence-corrected chi connectivity index (χ2v) is 5.51. The Morgan fingerprint density at radius 3 is 2.76 bits per heavy atom. The van der Waals surface area contributed by atoms with Crippen molar-refractivity contribution in [2.75, 3.05) is 5.75 Å². The van der Waals surface area contributed by atoms with Gasteiger partial charge in [-0.15, -0.1) is 0 Å². The Balaban J connectivity index is 2.84. The van der Waals surface area contributed by atoms with Crippen LogP contribution in [0.25, 0.3) is 0 Å². The number of nitrogens with zero attached hydrogens (tertiary/aromatic N) is 2. The van der Waals surface area contributed by atoms with Crippen molar-refractivity contribution in [3.63, 3.8) is 0 Å². The van der Waals surface area contributed by atoms with Crippen molar-refractivity contribution in [1.29, 1.82) is 0 Å². The first-order valence-corrected chi connectivity index (χ1v) is 7.34. The van der Waals surface area contributed by atoms with Gasteiger partial charge in [-0.25, -0.2) is 9.19 Å². The minimum atomic E-state index is -1.20. The average Bonchev–Trinajstić information content (AvgIpc) is 2.26. The molecule has 0 saturated heterocycles. The van der Waals surface area contributed by atoms with Crippen LogP contribution in [-0.2, 0) is 11.0 Å². The third kappa shape index (κ3) is 4.74. The van der Waals surface area contributed by atoms with Crippen LogP contribution in [0.1, 0.15) is 32.3 Å². The van der Waals surface area contributed by atoms with Crippen LogP contribution in [0.4, 0.5) is 0 Å². The summed E-state index contributed by atoms with van der Waals surface area (Å²) >= 11 is 11.6. The molecule has 6 heteroatoms. The summed E-state index contributed by atoms with van der Waals surface area (Å²) in [4.78, 5) is 3.92. The number of pyridine rings is 1. The van der Waals surface area contributed by atoms with Crippen LogP contribution in [0.15, 0.2) is 16.5 Å². The first kappa shape index (κ1) is 14.6. The van der Waals surface area contributed by atoms with Gasteiger partial charge in [0, 0.05) is 11.3 Å². The number of hydrogen-bond acceptors (Lipinski definition) is 2. The smallest absolute Gasteiger partial charge is 0.139 e. The van der Waals surface area contributed by atoms with E-state index in [0.29, 0.717) is 22.2 Å². The van der Waals surface area contributed by atoms with Gasteiger partial charge < -0.3 is 0 Å². The summed E-state index contributed by atoms with van der Waals surface area (Å²) in [6.45, 7) is 3.81. The highest BCUT2D eigenvalue weighted by Gasteiger charge is 2.07. The van der Waals surface area contributed by atoms with Gasteiger partial charge in [-0.1, -0.05) is 36.5 Å². The summed E-state index contributed by atoms with van der Waals surface area (Å²) in [5, 5.41) is 0.616. The van der Waals surface area contributed by atoms with Crippen molar-refractivity contribution in [3.8, 4) is 0 Å². The molecule has 0 radical (unpaired) electrons. The van der Waals surface area contributed by atoms with Gasteiger partial charge in [-0.05, 0) is 25.5 Å². The molecule has 0 bridgehead atoms. The molecule has 0 aromatic carbocycles. The Labute approximate surface area is 114 Å².